The van der Waals surface area contributed by atoms with Gasteiger partial charge in [-0.1, -0.05) is 18.2 Å². The van der Waals surface area contributed by atoms with Gasteiger partial charge in [0, 0.05) is 28.2 Å². The number of aryl methyl sites for hydroxylation is 1. The summed E-state index contributed by atoms with van der Waals surface area (Å²) in [6.07, 6.45) is 3.51. The topological polar surface area (TPSA) is 73.3 Å². The van der Waals surface area contributed by atoms with Crippen molar-refractivity contribution in [2.75, 3.05) is 0 Å². The summed E-state index contributed by atoms with van der Waals surface area (Å²) in [5.41, 5.74) is 3.55. The second kappa shape index (κ2) is 6.14. The van der Waals surface area contributed by atoms with Gasteiger partial charge in [-0.25, -0.2) is 14.5 Å². The minimum absolute atomic E-state index is 0.0414. The molecule has 0 bridgehead atoms. The van der Waals surface area contributed by atoms with Gasteiger partial charge in [-0.15, -0.1) is 11.3 Å². The molecule has 4 heterocycles. The van der Waals surface area contributed by atoms with E-state index in [1.54, 1.807) is 4.52 Å². The number of Topliss-reactive ketones (excluding diaryl/α,β-unsaturated/α-hetero) is 1. The molecule has 0 aliphatic carbocycles. The minimum atomic E-state index is -0.0414. The standard InChI is InChI=1S/C20H14N4O2S/c1-12-10-27-19(23-12)8-16(25)15-6-14(9-24-20(15)21-11-22-24)18-7-13-4-2-3-5-17(13)26-18/h2-7,9-11H,8H2,1H3. The van der Waals surface area contributed by atoms with Crippen LogP contribution in [0, 0.1) is 6.92 Å². The number of ketones is 1. The van der Waals surface area contributed by atoms with Gasteiger partial charge in [0.2, 0.25) is 0 Å². The number of hydrogen-bond donors (Lipinski definition) is 0. The number of nitrogens with zero attached hydrogens (tertiary/aromatic N) is 4. The van der Waals surface area contributed by atoms with Crippen LogP contribution in [0.25, 0.3) is 27.9 Å². The Hall–Kier alpha value is -3.32. The Kier molecular flexibility index (Phi) is 3.61. The Morgan fingerprint density at radius 1 is 1.26 bits per heavy atom. The molecule has 4 aromatic heterocycles. The first kappa shape index (κ1) is 15.9. The van der Waals surface area contributed by atoms with E-state index in [-0.39, 0.29) is 12.2 Å². The number of pyridine rings is 1. The fourth-order valence-electron chi connectivity index (χ4n) is 3.11. The van der Waals surface area contributed by atoms with E-state index >= 15 is 0 Å². The molecule has 0 atom stereocenters. The Morgan fingerprint density at radius 2 is 2.15 bits per heavy atom. The molecule has 0 unspecified atom stereocenters. The number of rotatable bonds is 4. The van der Waals surface area contributed by atoms with Crippen LogP contribution in [0.3, 0.4) is 0 Å². The predicted octanol–water partition coefficient (Wildman–Crippen LogP) is 4.33. The zero-order valence-electron chi connectivity index (χ0n) is 14.4. The smallest absolute Gasteiger partial charge is 0.173 e. The van der Waals surface area contributed by atoms with Gasteiger partial charge in [0.1, 0.15) is 22.7 Å². The molecule has 27 heavy (non-hydrogen) atoms. The Morgan fingerprint density at radius 3 is 2.96 bits per heavy atom. The number of thiazole rings is 1. The molecule has 5 rings (SSSR count). The summed E-state index contributed by atoms with van der Waals surface area (Å²) in [4.78, 5) is 21.6. The summed E-state index contributed by atoms with van der Waals surface area (Å²) in [5, 5.41) is 7.96. The maximum atomic E-state index is 12.9. The van der Waals surface area contributed by atoms with E-state index in [0.29, 0.717) is 17.0 Å². The monoisotopic (exact) mass is 374 g/mol. The first-order chi connectivity index (χ1) is 13.2. The van der Waals surface area contributed by atoms with Gasteiger partial charge in [0.05, 0.1) is 12.0 Å². The summed E-state index contributed by atoms with van der Waals surface area (Å²) in [5.74, 6) is 0.646. The number of carbonyl (C=O) groups is 1. The van der Waals surface area contributed by atoms with Crippen molar-refractivity contribution in [3.05, 3.63) is 70.6 Å². The molecule has 0 spiro atoms. The number of carbonyl (C=O) groups excluding carboxylic acids is 1. The van der Waals surface area contributed by atoms with Crippen LogP contribution in [0.1, 0.15) is 21.1 Å². The van der Waals surface area contributed by atoms with Gasteiger partial charge < -0.3 is 4.42 Å². The highest BCUT2D eigenvalue weighted by atomic mass is 32.1. The average Bonchev–Trinajstić information content (AvgIpc) is 3.39. The molecule has 5 aromatic rings. The highest BCUT2D eigenvalue weighted by molar-refractivity contribution is 7.09. The largest absolute Gasteiger partial charge is 0.456 e. The number of furan rings is 1. The lowest BCUT2D eigenvalue weighted by Crippen LogP contribution is -2.07. The third-order valence-electron chi connectivity index (χ3n) is 4.36. The molecule has 132 valence electrons. The van der Waals surface area contributed by atoms with Gasteiger partial charge in [0.25, 0.3) is 0 Å². The van der Waals surface area contributed by atoms with Crippen LogP contribution in [0.2, 0.25) is 0 Å². The molecule has 0 saturated heterocycles. The molecule has 7 heteroatoms. The zero-order valence-corrected chi connectivity index (χ0v) is 15.2. The normalized spacial score (nSPS) is 11.4. The average molecular weight is 374 g/mol. The maximum Gasteiger partial charge on any atom is 0.173 e. The van der Waals surface area contributed by atoms with E-state index in [4.69, 9.17) is 4.42 Å². The van der Waals surface area contributed by atoms with Gasteiger partial charge in [-0.3, -0.25) is 4.79 Å². The maximum absolute atomic E-state index is 12.9. The second-order valence-corrected chi connectivity index (χ2v) is 7.24. The Balaban J connectivity index is 1.61. The van der Waals surface area contributed by atoms with Crippen molar-refractivity contribution in [3.8, 4) is 11.3 Å². The number of fused-ring (bicyclic) bond motifs is 2. The highest BCUT2D eigenvalue weighted by Crippen LogP contribution is 2.29. The van der Waals surface area contributed by atoms with E-state index < -0.39 is 0 Å². The fraction of sp³-hybridized carbons (Fsp3) is 0.100. The molecular formula is C20H14N4O2S. The molecular weight excluding hydrogens is 360 g/mol. The third-order valence-corrected chi connectivity index (χ3v) is 5.33. The molecule has 1 aromatic carbocycles. The quantitative estimate of drug-likeness (QED) is 0.438. The van der Waals surface area contributed by atoms with Crippen molar-refractivity contribution in [2.24, 2.45) is 0 Å². The molecule has 0 aliphatic heterocycles. The SMILES string of the molecule is Cc1csc(CC(=O)c2cc(-c3cc4ccccc4o3)cn3ncnc23)n1. The lowest BCUT2D eigenvalue weighted by Gasteiger charge is -2.05. The van der Waals surface area contributed by atoms with E-state index in [0.717, 1.165) is 27.2 Å². The van der Waals surface area contributed by atoms with Crippen molar-refractivity contribution < 1.29 is 9.21 Å². The summed E-state index contributed by atoms with van der Waals surface area (Å²) < 4.78 is 7.57. The van der Waals surface area contributed by atoms with E-state index in [9.17, 15) is 4.79 Å². The van der Waals surface area contributed by atoms with Crippen LogP contribution in [-0.4, -0.2) is 25.4 Å². The summed E-state index contributed by atoms with van der Waals surface area (Å²) in [6.45, 7) is 1.92. The lowest BCUT2D eigenvalue weighted by atomic mass is 10.1. The molecule has 0 saturated carbocycles. The van der Waals surface area contributed by atoms with Gasteiger partial charge >= 0.3 is 0 Å². The minimum Gasteiger partial charge on any atom is -0.456 e. The van der Waals surface area contributed by atoms with Crippen LogP contribution in [0.4, 0.5) is 0 Å². The molecule has 0 amide bonds. The van der Waals surface area contributed by atoms with Crippen molar-refractivity contribution in [1.29, 1.82) is 0 Å². The molecule has 0 fully saturated rings. The Bertz CT molecular complexity index is 1260. The zero-order chi connectivity index (χ0) is 18.4. The van der Waals surface area contributed by atoms with Crippen molar-refractivity contribution >= 4 is 33.7 Å². The number of para-hydroxylation sites is 1. The summed E-state index contributed by atoms with van der Waals surface area (Å²) in [7, 11) is 0. The van der Waals surface area contributed by atoms with E-state index in [1.165, 1.54) is 17.7 Å². The lowest BCUT2D eigenvalue weighted by molar-refractivity contribution is 0.0994. The van der Waals surface area contributed by atoms with Gasteiger partial charge in [-0.2, -0.15) is 5.10 Å². The van der Waals surface area contributed by atoms with Gasteiger partial charge in [0.15, 0.2) is 11.4 Å². The molecule has 0 radical (unpaired) electrons. The summed E-state index contributed by atoms with van der Waals surface area (Å²) in [6, 6.07) is 11.6. The van der Waals surface area contributed by atoms with E-state index in [1.807, 2.05) is 54.9 Å². The van der Waals surface area contributed by atoms with E-state index in [2.05, 4.69) is 15.1 Å². The third kappa shape index (κ3) is 2.82. The molecule has 0 aliphatic rings. The van der Waals surface area contributed by atoms with Crippen molar-refractivity contribution in [3.63, 3.8) is 0 Å². The van der Waals surface area contributed by atoms with Crippen molar-refractivity contribution in [1.82, 2.24) is 19.6 Å². The van der Waals surface area contributed by atoms with Crippen LogP contribution >= 0.6 is 11.3 Å². The Labute approximate surface area is 158 Å². The first-order valence-electron chi connectivity index (χ1n) is 8.44. The number of benzene rings is 1. The number of aromatic nitrogens is 4. The predicted molar refractivity (Wildman–Crippen MR) is 103 cm³/mol. The van der Waals surface area contributed by atoms with Crippen molar-refractivity contribution in [2.45, 2.75) is 13.3 Å². The van der Waals surface area contributed by atoms with Crippen LogP contribution in [0.5, 0.6) is 0 Å². The fourth-order valence-corrected chi connectivity index (χ4v) is 3.88. The highest BCUT2D eigenvalue weighted by Gasteiger charge is 2.18. The van der Waals surface area contributed by atoms with Gasteiger partial charge in [-0.05, 0) is 25.1 Å². The van der Waals surface area contributed by atoms with Crippen LogP contribution in [0.15, 0.2) is 58.7 Å². The second-order valence-electron chi connectivity index (χ2n) is 6.30. The van der Waals surface area contributed by atoms with Crippen LogP contribution < -0.4 is 0 Å². The molecule has 6 nitrogen and oxygen atoms in total. The summed E-state index contributed by atoms with van der Waals surface area (Å²) >= 11 is 1.49. The molecule has 0 N–H and O–H groups in total. The number of hydrogen-bond acceptors (Lipinski definition) is 6. The van der Waals surface area contributed by atoms with Crippen LogP contribution in [-0.2, 0) is 6.42 Å². The first-order valence-corrected chi connectivity index (χ1v) is 9.32.